The second-order valence-corrected chi connectivity index (χ2v) is 14.9. The van der Waals surface area contributed by atoms with Crippen molar-refractivity contribution in [2.75, 3.05) is 32.8 Å². The highest BCUT2D eigenvalue weighted by atomic mass is 19.1. The van der Waals surface area contributed by atoms with E-state index in [2.05, 4.69) is 34.9 Å². The highest BCUT2D eigenvalue weighted by Crippen LogP contribution is 2.53. The molecule has 10 nitrogen and oxygen atoms in total. The van der Waals surface area contributed by atoms with Crippen LogP contribution in [0.25, 0.3) is 0 Å². The van der Waals surface area contributed by atoms with Crippen molar-refractivity contribution in [1.82, 2.24) is 15.5 Å². The first kappa shape index (κ1) is 36.4. The normalized spacial score (nSPS) is 27.6. The number of rotatable bonds is 13. The minimum atomic E-state index is -1.45. The number of amides is 2. The van der Waals surface area contributed by atoms with Gasteiger partial charge in [0.05, 0.1) is 18.3 Å². The summed E-state index contributed by atoms with van der Waals surface area (Å²) in [5.74, 6) is -1.72. The van der Waals surface area contributed by atoms with Crippen molar-refractivity contribution in [3.05, 3.63) is 70.3 Å². The van der Waals surface area contributed by atoms with Gasteiger partial charge in [-0.15, -0.1) is 0 Å². The van der Waals surface area contributed by atoms with E-state index in [4.69, 9.17) is 9.47 Å². The molecule has 11 heteroatoms. The molecule has 2 aromatic carbocycles. The number of aryl methyl sites for hydroxylation is 2. The van der Waals surface area contributed by atoms with Gasteiger partial charge < -0.3 is 35.4 Å². The molecule has 48 heavy (non-hydrogen) atoms. The molecule has 264 valence electrons. The fourth-order valence-electron chi connectivity index (χ4n) is 7.04. The number of carbonyl (C=O) groups is 2. The van der Waals surface area contributed by atoms with Crippen LogP contribution in [0.2, 0.25) is 0 Å². The Bertz CT molecular complexity index is 1460. The van der Waals surface area contributed by atoms with E-state index in [-0.39, 0.29) is 24.8 Å². The SMILES string of the molecule is Cc1ccc([C@]23CC(O)[C@H](O)[C@](C(C)(C)O)(CO2)O3)cc1Cc1ccc(CCCC(=O)NC(C)(C)C(=O)NCCN2CCC(F)C2)cc1. The molecule has 0 saturated carbocycles. The van der Waals surface area contributed by atoms with Crippen LogP contribution >= 0.6 is 0 Å². The average molecular weight is 670 g/mol. The van der Waals surface area contributed by atoms with Gasteiger partial charge in [-0.25, -0.2) is 4.39 Å². The third kappa shape index (κ3) is 7.77. The maximum atomic E-state index is 13.4. The minimum Gasteiger partial charge on any atom is -0.390 e. The molecule has 2 aromatic rings. The Morgan fingerprint density at radius 2 is 1.79 bits per heavy atom. The van der Waals surface area contributed by atoms with Gasteiger partial charge in [-0.2, -0.15) is 0 Å². The first-order valence-electron chi connectivity index (χ1n) is 17.1. The summed E-state index contributed by atoms with van der Waals surface area (Å²) < 4.78 is 25.9. The molecule has 0 spiro atoms. The molecule has 3 saturated heterocycles. The van der Waals surface area contributed by atoms with Gasteiger partial charge in [0.25, 0.3) is 0 Å². The number of halogens is 1. The van der Waals surface area contributed by atoms with Gasteiger partial charge in [0.1, 0.15) is 17.8 Å². The largest absolute Gasteiger partial charge is 0.390 e. The summed E-state index contributed by atoms with van der Waals surface area (Å²) in [4.78, 5) is 27.3. The van der Waals surface area contributed by atoms with E-state index in [0.717, 1.165) is 27.8 Å². The minimum absolute atomic E-state index is 0.0447. The Kier molecular flexibility index (Phi) is 10.7. The maximum absolute atomic E-state index is 13.4. The van der Waals surface area contributed by atoms with E-state index < -0.39 is 40.9 Å². The molecule has 0 aliphatic carbocycles. The number of aliphatic hydroxyl groups excluding tert-OH is 2. The van der Waals surface area contributed by atoms with E-state index >= 15 is 0 Å². The summed E-state index contributed by atoms with van der Waals surface area (Å²) in [5, 5.41) is 38.1. The van der Waals surface area contributed by atoms with Crippen LogP contribution in [0.3, 0.4) is 0 Å². The van der Waals surface area contributed by atoms with Crippen molar-refractivity contribution in [2.24, 2.45) is 0 Å². The van der Waals surface area contributed by atoms with Gasteiger partial charge in [-0.1, -0.05) is 36.4 Å². The van der Waals surface area contributed by atoms with E-state index in [1.165, 1.54) is 0 Å². The zero-order chi connectivity index (χ0) is 34.9. The molecule has 3 aliphatic rings. The van der Waals surface area contributed by atoms with E-state index in [1.54, 1.807) is 27.7 Å². The predicted octanol–water partition coefficient (Wildman–Crippen LogP) is 2.80. The number of alkyl halides is 1. The Labute approximate surface area is 283 Å². The Balaban J connectivity index is 1.11. The van der Waals surface area contributed by atoms with Crippen LogP contribution in [0.5, 0.6) is 0 Å². The van der Waals surface area contributed by atoms with Crippen molar-refractivity contribution in [2.45, 2.75) is 114 Å². The second-order valence-electron chi connectivity index (χ2n) is 14.9. The summed E-state index contributed by atoms with van der Waals surface area (Å²) >= 11 is 0. The van der Waals surface area contributed by atoms with E-state index in [9.17, 15) is 29.3 Å². The molecule has 0 aromatic heterocycles. The molecule has 3 fully saturated rings. The smallest absolute Gasteiger partial charge is 0.245 e. The molecule has 2 bridgehead atoms. The van der Waals surface area contributed by atoms with Gasteiger partial charge in [0, 0.05) is 44.6 Å². The predicted molar refractivity (Wildman–Crippen MR) is 179 cm³/mol. The number of hydrogen-bond donors (Lipinski definition) is 5. The molecular weight excluding hydrogens is 617 g/mol. The van der Waals surface area contributed by atoms with Gasteiger partial charge in [0.2, 0.25) is 11.8 Å². The van der Waals surface area contributed by atoms with Gasteiger partial charge in [0.15, 0.2) is 11.4 Å². The molecule has 3 heterocycles. The number of nitrogens with one attached hydrogen (secondary N) is 2. The van der Waals surface area contributed by atoms with Crippen molar-refractivity contribution in [1.29, 1.82) is 0 Å². The summed E-state index contributed by atoms with van der Waals surface area (Å²) in [6.07, 6.45) is -0.305. The number of carbonyl (C=O) groups excluding carboxylic acids is 2. The lowest BCUT2D eigenvalue weighted by Crippen LogP contribution is -2.66. The van der Waals surface area contributed by atoms with Crippen molar-refractivity contribution < 1.29 is 38.8 Å². The number of aliphatic hydroxyl groups is 3. The first-order chi connectivity index (χ1) is 22.5. The highest BCUT2D eigenvalue weighted by Gasteiger charge is 2.67. The third-order valence-electron chi connectivity index (χ3n) is 10.2. The lowest BCUT2D eigenvalue weighted by Gasteiger charge is -2.48. The van der Waals surface area contributed by atoms with Crippen molar-refractivity contribution >= 4 is 11.8 Å². The van der Waals surface area contributed by atoms with Crippen LogP contribution in [0.1, 0.15) is 81.2 Å². The standard InChI is InChI=1S/C37H52FN3O7/c1-24-9-14-28(37-21-30(42)32(44)36(48-37,23-47-37)35(4,5)46)20-27(24)19-26-12-10-25(11-13-26)7-6-8-31(43)40-34(2,3)33(45)39-16-18-41-17-15-29(38)22-41/h9-14,20,29-30,32,42,44,46H,6-8,15-19,21-23H2,1-5H3,(H,39,45)(H,40,43)/t29?,30?,32-,36-,37+/m0/s1. The Hall–Kier alpha value is -2.93. The monoisotopic (exact) mass is 669 g/mol. The molecule has 2 unspecified atom stereocenters. The number of likely N-dealkylation sites (tertiary alicyclic amines) is 1. The van der Waals surface area contributed by atoms with E-state index in [1.807, 2.05) is 30.0 Å². The van der Waals surface area contributed by atoms with Crippen LogP contribution in [0.15, 0.2) is 42.5 Å². The summed E-state index contributed by atoms with van der Waals surface area (Å²) in [5.41, 5.74) is 1.15. The lowest BCUT2D eigenvalue weighted by atomic mass is 9.76. The number of fused-ring (bicyclic) bond motifs is 2. The lowest BCUT2D eigenvalue weighted by molar-refractivity contribution is -0.308. The number of ether oxygens (including phenoxy) is 2. The molecule has 5 rings (SSSR count). The van der Waals surface area contributed by atoms with Crippen LogP contribution in [0.4, 0.5) is 4.39 Å². The zero-order valence-corrected chi connectivity index (χ0v) is 28.9. The zero-order valence-electron chi connectivity index (χ0n) is 28.9. The third-order valence-corrected chi connectivity index (χ3v) is 10.2. The maximum Gasteiger partial charge on any atom is 0.245 e. The first-order valence-corrected chi connectivity index (χ1v) is 17.1. The fourth-order valence-corrected chi connectivity index (χ4v) is 7.04. The second kappa shape index (κ2) is 14.1. The van der Waals surface area contributed by atoms with Gasteiger partial charge in [-0.05, 0) is 88.6 Å². The fraction of sp³-hybridized carbons (Fsp3) is 0.622. The van der Waals surface area contributed by atoms with E-state index in [0.29, 0.717) is 58.3 Å². The highest BCUT2D eigenvalue weighted by molar-refractivity contribution is 5.90. The molecule has 5 N–H and O–H groups in total. The van der Waals surface area contributed by atoms with Crippen LogP contribution in [-0.2, 0) is 37.7 Å². The van der Waals surface area contributed by atoms with Crippen molar-refractivity contribution in [3.8, 4) is 0 Å². The number of hydrogen-bond acceptors (Lipinski definition) is 8. The molecular formula is C37H52FN3O7. The Morgan fingerprint density at radius 3 is 2.46 bits per heavy atom. The summed E-state index contributed by atoms with van der Waals surface area (Å²) in [6.45, 7) is 10.6. The molecule has 5 atom stereocenters. The van der Waals surface area contributed by atoms with Crippen LogP contribution in [-0.4, -0.2) is 99.9 Å². The topological polar surface area (TPSA) is 141 Å². The summed E-state index contributed by atoms with van der Waals surface area (Å²) in [6, 6.07) is 14.2. The van der Waals surface area contributed by atoms with Gasteiger partial charge in [-0.3, -0.25) is 14.5 Å². The van der Waals surface area contributed by atoms with Gasteiger partial charge >= 0.3 is 0 Å². The average Bonchev–Trinajstić information content (AvgIpc) is 3.60. The van der Waals surface area contributed by atoms with Crippen molar-refractivity contribution in [3.63, 3.8) is 0 Å². The molecule has 3 aliphatic heterocycles. The number of benzene rings is 2. The Morgan fingerprint density at radius 1 is 1.08 bits per heavy atom. The molecule has 0 radical (unpaired) electrons. The van der Waals surface area contributed by atoms with Crippen LogP contribution in [0, 0.1) is 6.92 Å². The quantitative estimate of drug-likeness (QED) is 0.220. The summed E-state index contributed by atoms with van der Waals surface area (Å²) in [7, 11) is 0. The molecule has 2 amide bonds. The number of nitrogens with zero attached hydrogens (tertiary/aromatic N) is 1. The van der Waals surface area contributed by atoms with Crippen LogP contribution < -0.4 is 10.6 Å².